The van der Waals surface area contributed by atoms with Crippen LogP contribution < -0.4 is 5.32 Å². The molecule has 12 heteroatoms. The van der Waals surface area contributed by atoms with Crippen molar-refractivity contribution in [2.45, 2.75) is 11.8 Å². The van der Waals surface area contributed by atoms with Crippen molar-refractivity contribution in [1.29, 1.82) is 0 Å². The first kappa shape index (κ1) is 23.7. The summed E-state index contributed by atoms with van der Waals surface area (Å²) in [4.78, 5) is 33.1. The van der Waals surface area contributed by atoms with Crippen molar-refractivity contribution in [1.82, 2.24) is 24.5 Å². The van der Waals surface area contributed by atoms with Gasteiger partial charge < -0.3 is 25.0 Å². The number of hydrogen-bond donors (Lipinski definition) is 3. The van der Waals surface area contributed by atoms with Crippen LogP contribution in [0.3, 0.4) is 0 Å². The van der Waals surface area contributed by atoms with Gasteiger partial charge in [0.2, 0.25) is 10.0 Å². The number of fused-ring (bicyclic) bond motifs is 1. The molecule has 1 aliphatic rings. The second-order valence-corrected chi connectivity index (χ2v) is 9.84. The van der Waals surface area contributed by atoms with E-state index in [1.54, 1.807) is 13.0 Å². The van der Waals surface area contributed by atoms with Gasteiger partial charge in [0.15, 0.2) is 5.88 Å². The lowest BCUT2D eigenvalue weighted by Gasteiger charge is -2.31. The molecule has 1 aromatic carbocycles. The van der Waals surface area contributed by atoms with Crippen molar-refractivity contribution in [3.05, 3.63) is 42.1 Å². The van der Waals surface area contributed by atoms with Gasteiger partial charge in [-0.15, -0.1) is 0 Å². The molecular formula is C22H25N5O6S. The minimum absolute atomic E-state index is 0.0614. The number of sulfonamides is 1. The quantitative estimate of drug-likeness (QED) is 0.365. The summed E-state index contributed by atoms with van der Waals surface area (Å²) in [5.41, 5.74) is 1.24. The van der Waals surface area contributed by atoms with Crippen molar-refractivity contribution >= 4 is 33.0 Å². The summed E-state index contributed by atoms with van der Waals surface area (Å²) in [7, 11) is -1.74. The Morgan fingerprint density at radius 2 is 1.91 bits per heavy atom. The Labute approximate surface area is 196 Å². The van der Waals surface area contributed by atoms with Crippen LogP contribution in [0.15, 0.2) is 41.4 Å². The summed E-state index contributed by atoms with van der Waals surface area (Å²) in [6, 6.07) is 7.45. The first-order valence-corrected chi connectivity index (χ1v) is 12.1. The van der Waals surface area contributed by atoms with Crippen LogP contribution >= 0.6 is 0 Å². The number of likely N-dealkylation sites (N-methyl/N-ethyl adjacent to an activating group) is 1. The predicted octanol–water partition coefficient (Wildman–Crippen LogP) is 1.76. The van der Waals surface area contributed by atoms with Crippen LogP contribution in [-0.2, 0) is 14.8 Å². The predicted molar refractivity (Wildman–Crippen MR) is 124 cm³/mol. The van der Waals surface area contributed by atoms with Gasteiger partial charge in [-0.05, 0) is 44.3 Å². The van der Waals surface area contributed by atoms with Crippen LogP contribution in [0.1, 0.15) is 17.3 Å². The highest BCUT2D eigenvalue weighted by Gasteiger charge is 2.28. The first-order valence-electron chi connectivity index (χ1n) is 10.7. The van der Waals surface area contributed by atoms with Crippen molar-refractivity contribution in [2.24, 2.45) is 0 Å². The highest BCUT2D eigenvalue weighted by atomic mass is 32.2. The van der Waals surface area contributed by atoms with Crippen LogP contribution in [0.4, 0.5) is 4.79 Å². The van der Waals surface area contributed by atoms with E-state index in [4.69, 9.17) is 4.74 Å². The summed E-state index contributed by atoms with van der Waals surface area (Å²) in [6.07, 6.45) is 0.401. The average molecular weight is 488 g/mol. The van der Waals surface area contributed by atoms with Gasteiger partial charge in [0.1, 0.15) is 4.90 Å². The summed E-state index contributed by atoms with van der Waals surface area (Å²) >= 11 is 0. The van der Waals surface area contributed by atoms with Crippen molar-refractivity contribution < 1.29 is 27.9 Å². The van der Waals surface area contributed by atoms with Crippen molar-refractivity contribution in [3.63, 3.8) is 0 Å². The molecule has 1 aliphatic heterocycles. The number of nitrogens with zero attached hydrogens (tertiary/aromatic N) is 3. The van der Waals surface area contributed by atoms with Gasteiger partial charge in [0.05, 0.1) is 16.8 Å². The highest BCUT2D eigenvalue weighted by Crippen LogP contribution is 2.36. The van der Waals surface area contributed by atoms with Crippen LogP contribution in [0.2, 0.25) is 0 Å². The largest absolute Gasteiger partial charge is 0.494 e. The number of aromatic hydroxyl groups is 1. The lowest BCUT2D eigenvalue weighted by Crippen LogP contribution is -2.47. The third kappa shape index (κ3) is 4.60. The number of alkyl carbamates (subject to hydrolysis) is 1. The van der Waals surface area contributed by atoms with E-state index in [1.807, 2.05) is 7.05 Å². The van der Waals surface area contributed by atoms with Crippen molar-refractivity contribution in [3.8, 4) is 17.1 Å². The zero-order valence-corrected chi connectivity index (χ0v) is 19.6. The Balaban J connectivity index is 1.64. The molecule has 0 unspecified atom stereocenters. The number of pyridine rings is 1. The maximum atomic E-state index is 13.0. The minimum Gasteiger partial charge on any atom is -0.494 e. The van der Waals surface area contributed by atoms with Crippen LogP contribution in [-0.4, -0.2) is 84.5 Å². The number of piperazine rings is 1. The van der Waals surface area contributed by atoms with Crippen LogP contribution in [0.25, 0.3) is 22.2 Å². The van der Waals surface area contributed by atoms with E-state index in [0.717, 1.165) is 0 Å². The summed E-state index contributed by atoms with van der Waals surface area (Å²) < 4.78 is 32.1. The molecule has 1 saturated heterocycles. The molecule has 180 valence electrons. The Kier molecular flexibility index (Phi) is 6.55. The smallest absolute Gasteiger partial charge is 0.415 e. The number of carbonyl (C=O) groups excluding carboxylic acids is 2. The Morgan fingerprint density at radius 1 is 1.18 bits per heavy atom. The summed E-state index contributed by atoms with van der Waals surface area (Å²) in [6.45, 7) is 4.12. The number of ether oxygens (including phenoxy) is 1. The molecule has 1 amide bonds. The summed E-state index contributed by atoms with van der Waals surface area (Å²) in [5.74, 6) is -1.03. The lowest BCUT2D eigenvalue weighted by molar-refractivity contribution is 0.0623. The van der Waals surface area contributed by atoms with Gasteiger partial charge in [-0.25, -0.2) is 18.0 Å². The van der Waals surface area contributed by atoms with E-state index in [9.17, 15) is 23.1 Å². The number of aromatic amines is 1. The topological polar surface area (TPSA) is 145 Å². The van der Waals surface area contributed by atoms with Crippen LogP contribution in [0.5, 0.6) is 5.88 Å². The maximum absolute atomic E-state index is 13.0. The molecule has 4 rings (SSSR count). The molecule has 1 fully saturated rings. The molecule has 0 spiro atoms. The molecule has 0 aliphatic carbocycles. The average Bonchev–Trinajstić information content (AvgIpc) is 3.14. The van der Waals surface area contributed by atoms with Gasteiger partial charge in [-0.3, -0.25) is 4.98 Å². The second kappa shape index (κ2) is 9.41. The van der Waals surface area contributed by atoms with E-state index in [-0.39, 0.29) is 16.3 Å². The molecule has 2 aromatic heterocycles. The molecule has 11 nitrogen and oxygen atoms in total. The van der Waals surface area contributed by atoms with E-state index >= 15 is 0 Å². The molecule has 3 heterocycles. The third-order valence-electron chi connectivity index (χ3n) is 5.61. The molecule has 0 saturated carbocycles. The SMILES string of the molecule is CCNC(=O)OC(=O)c1ccc2[nH]c(O)c(-c3ccc(S(=O)(=O)N4CCN(C)CC4)cn3)c2c1. The fraction of sp³-hybridized carbons (Fsp3) is 0.318. The normalized spacial score (nSPS) is 15.4. The first-order chi connectivity index (χ1) is 16.2. The molecule has 3 N–H and O–H groups in total. The van der Waals surface area contributed by atoms with Gasteiger partial charge >= 0.3 is 12.1 Å². The Morgan fingerprint density at radius 3 is 2.56 bits per heavy atom. The van der Waals surface area contributed by atoms with Crippen molar-refractivity contribution in [2.75, 3.05) is 39.8 Å². The number of H-pyrrole nitrogens is 1. The van der Waals surface area contributed by atoms with Gasteiger partial charge in [-0.2, -0.15) is 4.31 Å². The zero-order valence-electron chi connectivity index (χ0n) is 18.7. The van der Waals surface area contributed by atoms with Gasteiger partial charge in [-0.1, -0.05) is 0 Å². The zero-order chi connectivity index (χ0) is 24.5. The lowest BCUT2D eigenvalue weighted by atomic mass is 10.1. The Hall–Kier alpha value is -3.48. The number of amides is 1. The van der Waals surface area contributed by atoms with E-state index in [1.165, 1.54) is 34.8 Å². The van der Waals surface area contributed by atoms with E-state index in [2.05, 4.69) is 20.2 Å². The number of benzene rings is 1. The molecule has 3 aromatic rings. The molecule has 0 bridgehead atoms. The Bertz CT molecular complexity index is 1330. The fourth-order valence-corrected chi connectivity index (χ4v) is 5.11. The molecule has 0 radical (unpaired) electrons. The number of rotatable bonds is 5. The fourth-order valence-electron chi connectivity index (χ4n) is 3.75. The standard InChI is InChI=1S/C22H25N5O6S/c1-3-23-22(30)33-21(29)14-4-6-17-16(12-14)19(20(28)25-17)18-7-5-15(13-24-18)34(31,32)27-10-8-26(2)9-11-27/h4-7,12-13,25,28H,3,8-11H2,1-2H3,(H,23,30). The van der Waals surface area contributed by atoms with E-state index < -0.39 is 22.1 Å². The third-order valence-corrected chi connectivity index (χ3v) is 7.50. The number of esters is 1. The number of nitrogens with one attached hydrogen (secondary N) is 2. The molecular weight excluding hydrogens is 462 g/mol. The van der Waals surface area contributed by atoms with Crippen LogP contribution in [0, 0.1) is 0 Å². The number of aromatic nitrogens is 2. The monoisotopic (exact) mass is 487 g/mol. The number of carbonyl (C=O) groups is 2. The summed E-state index contributed by atoms with van der Waals surface area (Å²) in [5, 5.41) is 13.3. The maximum Gasteiger partial charge on any atom is 0.415 e. The number of hydrogen-bond acceptors (Lipinski definition) is 8. The van der Waals surface area contributed by atoms with Gasteiger partial charge in [0.25, 0.3) is 0 Å². The molecule has 0 atom stereocenters. The van der Waals surface area contributed by atoms with E-state index in [0.29, 0.717) is 54.9 Å². The minimum atomic E-state index is -3.68. The molecule has 34 heavy (non-hydrogen) atoms. The highest BCUT2D eigenvalue weighted by molar-refractivity contribution is 7.89. The van der Waals surface area contributed by atoms with Gasteiger partial charge in [0, 0.05) is 49.8 Å². The second-order valence-electron chi connectivity index (χ2n) is 7.90.